The fraction of sp³-hybridized carbons (Fsp3) is 0.923. The van der Waals surface area contributed by atoms with E-state index in [1.165, 1.54) is 12.8 Å². The van der Waals surface area contributed by atoms with Gasteiger partial charge in [-0.05, 0) is 37.5 Å². The fourth-order valence-corrected chi connectivity index (χ4v) is 2.37. The van der Waals surface area contributed by atoms with Crippen LogP contribution in [-0.4, -0.2) is 11.6 Å². The van der Waals surface area contributed by atoms with E-state index in [0.717, 1.165) is 12.8 Å². The summed E-state index contributed by atoms with van der Waals surface area (Å²) >= 11 is 0. The van der Waals surface area contributed by atoms with Crippen LogP contribution >= 0.6 is 0 Å². The van der Waals surface area contributed by atoms with Crippen molar-refractivity contribution in [2.24, 2.45) is 11.8 Å². The van der Waals surface area contributed by atoms with Crippen LogP contribution in [0, 0.1) is 11.8 Å². The van der Waals surface area contributed by atoms with Gasteiger partial charge in [-0.2, -0.15) is 0 Å². The van der Waals surface area contributed by atoms with Crippen LogP contribution in [0.2, 0.25) is 0 Å². The van der Waals surface area contributed by atoms with Gasteiger partial charge in [-0.25, -0.2) is 0 Å². The van der Waals surface area contributed by atoms with E-state index < -0.39 is 0 Å². The summed E-state index contributed by atoms with van der Waals surface area (Å²) < 4.78 is 5.73. The van der Waals surface area contributed by atoms with Crippen molar-refractivity contribution < 1.29 is 9.53 Å². The number of ether oxygens (including phenoxy) is 1. The molecule has 1 fully saturated rings. The van der Waals surface area contributed by atoms with Crippen molar-refractivity contribution >= 4 is 5.97 Å². The minimum Gasteiger partial charge on any atom is -0.459 e. The monoisotopic (exact) mass is 212 g/mol. The molecule has 0 amide bonds. The van der Waals surface area contributed by atoms with Crippen LogP contribution < -0.4 is 0 Å². The van der Waals surface area contributed by atoms with Crippen molar-refractivity contribution in [1.29, 1.82) is 0 Å². The van der Waals surface area contributed by atoms with E-state index in [-0.39, 0.29) is 11.6 Å². The summed E-state index contributed by atoms with van der Waals surface area (Å²) in [6, 6.07) is 0. The molecule has 0 aromatic rings. The van der Waals surface area contributed by atoms with Crippen LogP contribution in [0.1, 0.15) is 59.8 Å². The number of esters is 1. The summed E-state index contributed by atoms with van der Waals surface area (Å²) in [6.07, 6.45) is 5.05. The Morgan fingerprint density at radius 3 is 2.13 bits per heavy atom. The molecule has 1 aliphatic carbocycles. The van der Waals surface area contributed by atoms with Crippen LogP contribution in [-0.2, 0) is 9.53 Å². The van der Waals surface area contributed by atoms with Crippen molar-refractivity contribution in [2.45, 2.75) is 65.4 Å². The summed E-state index contributed by atoms with van der Waals surface area (Å²) in [7, 11) is 0. The molecule has 88 valence electrons. The molecule has 1 aliphatic rings. The van der Waals surface area contributed by atoms with Crippen LogP contribution in [0.5, 0.6) is 0 Å². The van der Waals surface area contributed by atoms with Gasteiger partial charge in [0.15, 0.2) is 0 Å². The van der Waals surface area contributed by atoms with E-state index in [4.69, 9.17) is 4.74 Å². The molecule has 0 heterocycles. The van der Waals surface area contributed by atoms with Gasteiger partial charge in [0.2, 0.25) is 0 Å². The molecular formula is C13H24O2. The zero-order valence-corrected chi connectivity index (χ0v) is 10.5. The number of carbonyl (C=O) groups excluding carboxylic acids is 1. The van der Waals surface area contributed by atoms with Crippen LogP contribution in [0.3, 0.4) is 0 Å². The SMILES string of the molecule is CC(C)CC(=O)OC1(C(C)C)CCCC1. The molecule has 0 unspecified atom stereocenters. The van der Waals surface area contributed by atoms with Crippen LogP contribution in [0.15, 0.2) is 0 Å². The summed E-state index contributed by atoms with van der Waals surface area (Å²) in [6.45, 7) is 8.43. The zero-order chi connectivity index (χ0) is 11.5. The summed E-state index contributed by atoms with van der Waals surface area (Å²) in [5.74, 6) is 0.819. The van der Waals surface area contributed by atoms with Gasteiger partial charge in [0.25, 0.3) is 0 Å². The molecule has 2 nitrogen and oxygen atoms in total. The Morgan fingerprint density at radius 2 is 1.73 bits per heavy atom. The maximum absolute atomic E-state index is 11.7. The average molecular weight is 212 g/mol. The van der Waals surface area contributed by atoms with Gasteiger partial charge in [0.05, 0.1) is 0 Å². The second-order valence-electron chi connectivity index (χ2n) is 5.50. The lowest BCUT2D eigenvalue weighted by Gasteiger charge is -2.33. The highest BCUT2D eigenvalue weighted by atomic mass is 16.6. The van der Waals surface area contributed by atoms with E-state index in [1.54, 1.807) is 0 Å². The minimum atomic E-state index is -0.147. The van der Waals surface area contributed by atoms with Crippen molar-refractivity contribution in [2.75, 3.05) is 0 Å². The summed E-state index contributed by atoms with van der Waals surface area (Å²) in [5, 5.41) is 0. The molecule has 0 atom stereocenters. The van der Waals surface area contributed by atoms with Crippen molar-refractivity contribution in [3.63, 3.8) is 0 Å². The van der Waals surface area contributed by atoms with Gasteiger partial charge < -0.3 is 4.74 Å². The predicted octanol–water partition coefficient (Wildman–Crippen LogP) is 3.54. The zero-order valence-electron chi connectivity index (χ0n) is 10.5. The van der Waals surface area contributed by atoms with Gasteiger partial charge in [-0.3, -0.25) is 4.79 Å². The molecule has 1 saturated carbocycles. The summed E-state index contributed by atoms with van der Waals surface area (Å²) in [5.41, 5.74) is -0.147. The normalized spacial score (nSPS) is 19.9. The standard InChI is InChI=1S/C13H24O2/c1-10(2)9-12(14)15-13(11(3)4)7-5-6-8-13/h10-11H,5-9H2,1-4H3. The molecule has 0 saturated heterocycles. The highest BCUT2D eigenvalue weighted by molar-refractivity contribution is 5.70. The lowest BCUT2D eigenvalue weighted by Crippen LogP contribution is -2.37. The van der Waals surface area contributed by atoms with Gasteiger partial charge in [0, 0.05) is 6.42 Å². The van der Waals surface area contributed by atoms with E-state index >= 15 is 0 Å². The fourth-order valence-electron chi connectivity index (χ4n) is 2.37. The van der Waals surface area contributed by atoms with Gasteiger partial charge in [-0.1, -0.05) is 27.7 Å². The molecule has 0 aromatic heterocycles. The Kier molecular flexibility index (Phi) is 4.18. The van der Waals surface area contributed by atoms with Gasteiger partial charge in [0.1, 0.15) is 5.60 Å². The molecule has 1 rings (SSSR count). The lowest BCUT2D eigenvalue weighted by atomic mass is 9.88. The molecule has 2 heteroatoms. The number of carbonyl (C=O) groups is 1. The van der Waals surface area contributed by atoms with Crippen LogP contribution in [0.4, 0.5) is 0 Å². The van der Waals surface area contributed by atoms with E-state index in [2.05, 4.69) is 27.7 Å². The van der Waals surface area contributed by atoms with E-state index in [0.29, 0.717) is 18.3 Å². The Morgan fingerprint density at radius 1 is 1.20 bits per heavy atom. The third-order valence-electron chi connectivity index (χ3n) is 3.39. The van der Waals surface area contributed by atoms with Crippen molar-refractivity contribution in [3.8, 4) is 0 Å². The first-order valence-corrected chi connectivity index (χ1v) is 6.18. The first-order chi connectivity index (χ1) is 6.96. The molecule has 0 aromatic carbocycles. The topological polar surface area (TPSA) is 26.3 Å². The highest BCUT2D eigenvalue weighted by Crippen LogP contribution is 2.39. The molecule has 0 aliphatic heterocycles. The molecular weight excluding hydrogens is 188 g/mol. The average Bonchev–Trinajstić information content (AvgIpc) is 2.52. The smallest absolute Gasteiger partial charge is 0.306 e. The predicted molar refractivity (Wildman–Crippen MR) is 61.6 cm³/mol. The number of hydrogen-bond acceptors (Lipinski definition) is 2. The Hall–Kier alpha value is -0.530. The molecule has 0 N–H and O–H groups in total. The van der Waals surface area contributed by atoms with Gasteiger partial charge in [-0.15, -0.1) is 0 Å². The Labute approximate surface area is 93.4 Å². The number of hydrogen-bond donors (Lipinski definition) is 0. The lowest BCUT2D eigenvalue weighted by molar-refractivity contribution is -0.165. The third kappa shape index (κ3) is 3.22. The second-order valence-corrected chi connectivity index (χ2v) is 5.50. The van der Waals surface area contributed by atoms with Gasteiger partial charge >= 0.3 is 5.97 Å². The molecule has 0 bridgehead atoms. The van der Waals surface area contributed by atoms with Crippen LogP contribution in [0.25, 0.3) is 0 Å². The van der Waals surface area contributed by atoms with E-state index in [9.17, 15) is 4.79 Å². The maximum Gasteiger partial charge on any atom is 0.306 e. The van der Waals surface area contributed by atoms with Crippen molar-refractivity contribution in [1.82, 2.24) is 0 Å². The summed E-state index contributed by atoms with van der Waals surface area (Å²) in [4.78, 5) is 11.7. The Balaban J connectivity index is 2.55. The van der Waals surface area contributed by atoms with E-state index in [1.807, 2.05) is 0 Å². The Bertz CT molecular complexity index is 213. The van der Waals surface area contributed by atoms with Crippen molar-refractivity contribution in [3.05, 3.63) is 0 Å². The molecule has 0 spiro atoms. The minimum absolute atomic E-state index is 0.0133. The molecule has 0 radical (unpaired) electrons. The first-order valence-electron chi connectivity index (χ1n) is 6.18. The number of rotatable bonds is 4. The quantitative estimate of drug-likeness (QED) is 0.666. The highest BCUT2D eigenvalue weighted by Gasteiger charge is 2.40. The largest absolute Gasteiger partial charge is 0.459 e. The first kappa shape index (κ1) is 12.5. The maximum atomic E-state index is 11.7. The second kappa shape index (κ2) is 5.00. The third-order valence-corrected chi connectivity index (χ3v) is 3.39. The molecule has 15 heavy (non-hydrogen) atoms.